The molecule has 0 fully saturated rings. The highest BCUT2D eigenvalue weighted by atomic mass is 35.5. The molecule has 1 aliphatic carbocycles. The van der Waals surface area contributed by atoms with E-state index < -0.39 is 0 Å². The second-order valence-electron chi connectivity index (χ2n) is 4.20. The summed E-state index contributed by atoms with van der Waals surface area (Å²) < 4.78 is 0. The Hall–Kier alpha value is -0.530. The highest BCUT2D eigenvalue weighted by molar-refractivity contribution is 6.30. The average Bonchev–Trinajstić information content (AvgIpc) is 2.42. The van der Waals surface area contributed by atoms with Gasteiger partial charge in [0.05, 0.1) is 0 Å². The summed E-state index contributed by atoms with van der Waals surface area (Å²) in [7, 11) is 0. The number of nitrogens with one attached hydrogen (secondary N) is 1. The van der Waals surface area contributed by atoms with Gasteiger partial charge in [0.25, 0.3) is 0 Å². The van der Waals surface area contributed by atoms with Crippen LogP contribution in [0.15, 0.2) is 18.2 Å². The summed E-state index contributed by atoms with van der Waals surface area (Å²) in [4.78, 5) is 0. The van der Waals surface area contributed by atoms with E-state index in [1.165, 1.54) is 36.8 Å². The molecule has 0 aliphatic heterocycles. The minimum Gasteiger partial charge on any atom is -0.310 e. The molecule has 0 aromatic heterocycles. The molecule has 1 aromatic rings. The van der Waals surface area contributed by atoms with E-state index in [9.17, 15) is 0 Å². The van der Waals surface area contributed by atoms with E-state index in [1.54, 1.807) is 0 Å². The number of halogens is 1. The van der Waals surface area contributed by atoms with Crippen LogP contribution in [0.3, 0.4) is 0 Å². The van der Waals surface area contributed by atoms with E-state index in [1.807, 2.05) is 6.07 Å². The lowest BCUT2D eigenvalue weighted by Crippen LogP contribution is -2.20. The van der Waals surface area contributed by atoms with Crippen LogP contribution >= 0.6 is 11.6 Å². The van der Waals surface area contributed by atoms with Gasteiger partial charge in [-0.2, -0.15) is 0 Å². The van der Waals surface area contributed by atoms with Crippen molar-refractivity contribution in [2.24, 2.45) is 0 Å². The van der Waals surface area contributed by atoms with E-state index in [0.717, 1.165) is 11.6 Å². The fraction of sp³-hybridized carbons (Fsp3) is 0.538. The van der Waals surface area contributed by atoms with Crippen LogP contribution < -0.4 is 5.32 Å². The number of fused-ring (bicyclic) bond motifs is 1. The first kappa shape index (κ1) is 11.0. The third-order valence-electron chi connectivity index (χ3n) is 3.12. The van der Waals surface area contributed by atoms with Gasteiger partial charge in [0.1, 0.15) is 0 Å². The quantitative estimate of drug-likeness (QED) is 0.754. The maximum Gasteiger partial charge on any atom is 0.0409 e. The normalized spacial score (nSPS) is 20.8. The summed E-state index contributed by atoms with van der Waals surface area (Å²) in [6.07, 6.45) is 5.05. The molecule has 1 nitrogen and oxygen atoms in total. The number of hydrogen-bond donors (Lipinski definition) is 1. The molecule has 1 unspecified atom stereocenters. The Labute approximate surface area is 96.8 Å². The molecular formula is C13H18ClN. The Balaban J connectivity index is 2.33. The number of rotatable bonds is 2. The molecule has 1 aromatic carbocycles. The van der Waals surface area contributed by atoms with Crippen molar-refractivity contribution in [3.8, 4) is 0 Å². The van der Waals surface area contributed by atoms with Crippen LogP contribution in [-0.4, -0.2) is 6.54 Å². The SMILES string of the molecule is CCNC1CCCCc2ccc(Cl)cc21. The van der Waals surface area contributed by atoms with Gasteiger partial charge >= 0.3 is 0 Å². The first-order chi connectivity index (χ1) is 7.31. The standard InChI is InChI=1S/C13H18ClN/c1-2-15-13-6-4-3-5-10-7-8-11(14)9-12(10)13/h7-9,13,15H,2-6H2,1H3. The maximum absolute atomic E-state index is 6.07. The molecule has 0 bridgehead atoms. The fourth-order valence-electron chi connectivity index (χ4n) is 2.40. The van der Waals surface area contributed by atoms with Crippen LogP contribution in [0.5, 0.6) is 0 Å². The van der Waals surface area contributed by atoms with Crippen LogP contribution in [-0.2, 0) is 6.42 Å². The van der Waals surface area contributed by atoms with Crippen LogP contribution in [0.25, 0.3) is 0 Å². The van der Waals surface area contributed by atoms with Crippen LogP contribution in [0.2, 0.25) is 5.02 Å². The van der Waals surface area contributed by atoms with E-state index in [2.05, 4.69) is 24.4 Å². The van der Waals surface area contributed by atoms with E-state index >= 15 is 0 Å². The molecular weight excluding hydrogens is 206 g/mol. The van der Waals surface area contributed by atoms with Crippen molar-refractivity contribution in [2.75, 3.05) is 6.54 Å². The minimum absolute atomic E-state index is 0.506. The van der Waals surface area contributed by atoms with Gasteiger partial charge in [-0.15, -0.1) is 0 Å². The lowest BCUT2D eigenvalue weighted by Gasteiger charge is -2.18. The third kappa shape index (κ3) is 2.53. The fourth-order valence-corrected chi connectivity index (χ4v) is 2.58. The Kier molecular flexibility index (Phi) is 3.66. The first-order valence-corrected chi connectivity index (χ1v) is 6.20. The van der Waals surface area contributed by atoms with Crippen LogP contribution in [0.4, 0.5) is 0 Å². The van der Waals surface area contributed by atoms with Gasteiger partial charge in [0.2, 0.25) is 0 Å². The van der Waals surface area contributed by atoms with Crippen molar-refractivity contribution in [3.05, 3.63) is 34.3 Å². The topological polar surface area (TPSA) is 12.0 Å². The number of aryl methyl sites for hydroxylation is 1. The van der Waals surface area contributed by atoms with E-state index in [4.69, 9.17) is 11.6 Å². The third-order valence-corrected chi connectivity index (χ3v) is 3.36. The zero-order chi connectivity index (χ0) is 10.7. The highest BCUT2D eigenvalue weighted by Gasteiger charge is 2.17. The van der Waals surface area contributed by atoms with Crippen LogP contribution in [0, 0.1) is 0 Å². The summed E-state index contributed by atoms with van der Waals surface area (Å²) in [5.41, 5.74) is 2.89. The number of hydrogen-bond acceptors (Lipinski definition) is 1. The van der Waals surface area contributed by atoms with Crippen molar-refractivity contribution >= 4 is 11.6 Å². The lowest BCUT2D eigenvalue weighted by molar-refractivity contribution is 0.504. The summed E-state index contributed by atoms with van der Waals surface area (Å²) >= 11 is 6.07. The zero-order valence-corrected chi connectivity index (χ0v) is 9.98. The average molecular weight is 224 g/mol. The summed E-state index contributed by atoms with van der Waals surface area (Å²) in [6.45, 7) is 3.19. The molecule has 1 N–H and O–H groups in total. The Morgan fingerprint density at radius 1 is 1.40 bits per heavy atom. The number of benzene rings is 1. The van der Waals surface area contributed by atoms with Crippen molar-refractivity contribution in [2.45, 2.75) is 38.6 Å². The van der Waals surface area contributed by atoms with Gasteiger partial charge in [-0.3, -0.25) is 0 Å². The molecule has 0 spiro atoms. The maximum atomic E-state index is 6.07. The molecule has 0 amide bonds. The van der Waals surface area contributed by atoms with E-state index in [-0.39, 0.29) is 0 Å². The highest BCUT2D eigenvalue weighted by Crippen LogP contribution is 2.30. The Morgan fingerprint density at radius 2 is 2.27 bits per heavy atom. The van der Waals surface area contributed by atoms with Crippen molar-refractivity contribution in [1.29, 1.82) is 0 Å². The molecule has 82 valence electrons. The van der Waals surface area contributed by atoms with Gasteiger partial charge in [-0.05, 0) is 49.1 Å². The Bertz CT molecular complexity index is 335. The van der Waals surface area contributed by atoms with Crippen molar-refractivity contribution < 1.29 is 0 Å². The van der Waals surface area contributed by atoms with Gasteiger partial charge in [-0.25, -0.2) is 0 Å². The van der Waals surface area contributed by atoms with Crippen molar-refractivity contribution in [3.63, 3.8) is 0 Å². The summed E-state index contributed by atoms with van der Waals surface area (Å²) in [5.74, 6) is 0. The van der Waals surface area contributed by atoms with Gasteiger partial charge in [-0.1, -0.05) is 31.0 Å². The van der Waals surface area contributed by atoms with Gasteiger partial charge in [0, 0.05) is 11.1 Å². The molecule has 0 heterocycles. The molecule has 0 saturated carbocycles. The molecule has 15 heavy (non-hydrogen) atoms. The van der Waals surface area contributed by atoms with Gasteiger partial charge in [0.15, 0.2) is 0 Å². The predicted molar refractivity (Wildman–Crippen MR) is 65.4 cm³/mol. The van der Waals surface area contributed by atoms with E-state index in [0.29, 0.717) is 6.04 Å². The molecule has 1 aliphatic rings. The van der Waals surface area contributed by atoms with Crippen molar-refractivity contribution in [1.82, 2.24) is 5.32 Å². The molecule has 0 saturated heterocycles. The van der Waals surface area contributed by atoms with Gasteiger partial charge < -0.3 is 5.32 Å². The lowest BCUT2D eigenvalue weighted by atomic mass is 9.99. The second-order valence-corrected chi connectivity index (χ2v) is 4.64. The molecule has 2 heteroatoms. The first-order valence-electron chi connectivity index (χ1n) is 5.83. The smallest absolute Gasteiger partial charge is 0.0409 e. The molecule has 2 rings (SSSR count). The second kappa shape index (κ2) is 5.00. The Morgan fingerprint density at radius 3 is 3.07 bits per heavy atom. The monoisotopic (exact) mass is 223 g/mol. The summed E-state index contributed by atoms with van der Waals surface area (Å²) in [6, 6.07) is 6.84. The largest absolute Gasteiger partial charge is 0.310 e. The minimum atomic E-state index is 0.506. The molecule has 0 radical (unpaired) electrons. The summed E-state index contributed by atoms with van der Waals surface area (Å²) in [5, 5.41) is 4.41. The molecule has 1 atom stereocenters. The predicted octanol–water partition coefficient (Wildman–Crippen LogP) is 3.72. The zero-order valence-electron chi connectivity index (χ0n) is 9.22. The van der Waals surface area contributed by atoms with Crippen LogP contribution in [0.1, 0.15) is 43.4 Å².